The van der Waals surface area contributed by atoms with Crippen molar-refractivity contribution in [3.63, 3.8) is 0 Å². The second kappa shape index (κ2) is 4.31. The molecule has 1 unspecified atom stereocenters. The van der Waals surface area contributed by atoms with E-state index in [-0.39, 0.29) is 0 Å². The minimum atomic E-state index is 0.412. The summed E-state index contributed by atoms with van der Waals surface area (Å²) < 4.78 is 2.00. The molecule has 3 heterocycles. The number of hydrogen-bond acceptors (Lipinski definition) is 5. The first kappa shape index (κ1) is 9.92. The van der Waals surface area contributed by atoms with Crippen LogP contribution < -0.4 is 5.32 Å². The summed E-state index contributed by atoms with van der Waals surface area (Å²) in [6.07, 6.45) is 5.97. The molecule has 6 heteroatoms. The Balaban J connectivity index is 1.92. The molecule has 1 saturated heterocycles. The number of aromatic nitrogens is 4. The van der Waals surface area contributed by atoms with Gasteiger partial charge >= 0.3 is 0 Å². The van der Waals surface area contributed by atoms with Crippen LogP contribution >= 0.6 is 11.3 Å². The zero-order chi connectivity index (χ0) is 10.8. The van der Waals surface area contributed by atoms with E-state index >= 15 is 0 Å². The molecule has 0 aromatic carbocycles. The van der Waals surface area contributed by atoms with Crippen molar-refractivity contribution in [2.24, 2.45) is 0 Å². The van der Waals surface area contributed by atoms with Gasteiger partial charge in [0.15, 0.2) is 0 Å². The molecule has 1 N–H and O–H groups in total. The first-order valence-corrected chi connectivity index (χ1v) is 6.34. The van der Waals surface area contributed by atoms with Crippen LogP contribution in [0.15, 0.2) is 17.8 Å². The normalized spacial score (nSPS) is 21.1. The molecule has 1 aliphatic heterocycles. The van der Waals surface area contributed by atoms with E-state index < -0.39 is 0 Å². The van der Waals surface area contributed by atoms with Crippen molar-refractivity contribution in [2.75, 3.05) is 13.1 Å². The molecule has 16 heavy (non-hydrogen) atoms. The monoisotopic (exact) mass is 235 g/mol. The number of thiazole rings is 1. The Morgan fingerprint density at radius 2 is 2.50 bits per heavy atom. The summed E-state index contributed by atoms with van der Waals surface area (Å²) in [6, 6.07) is 0.412. The first-order valence-electron chi connectivity index (χ1n) is 5.46. The van der Waals surface area contributed by atoms with Crippen LogP contribution in [0, 0.1) is 0 Å². The number of nitrogens with zero attached hydrogens (tertiary/aromatic N) is 4. The molecule has 3 rings (SSSR count). The number of rotatable bonds is 2. The summed E-state index contributed by atoms with van der Waals surface area (Å²) in [4.78, 5) is 4.31. The standard InChI is InChI=1S/C10H13N5S/c1-2-8(6-11-3-1)15-9(7-13-14-15)10-12-4-5-16-10/h4-5,7-8,11H,1-3,6H2. The van der Waals surface area contributed by atoms with E-state index in [0.717, 1.165) is 30.2 Å². The van der Waals surface area contributed by atoms with Crippen molar-refractivity contribution < 1.29 is 0 Å². The Kier molecular flexibility index (Phi) is 2.67. The van der Waals surface area contributed by atoms with Gasteiger partial charge in [0.2, 0.25) is 0 Å². The third-order valence-corrected chi connectivity index (χ3v) is 3.64. The van der Waals surface area contributed by atoms with Crippen LogP contribution in [0.2, 0.25) is 0 Å². The van der Waals surface area contributed by atoms with Gasteiger partial charge in [-0.15, -0.1) is 16.4 Å². The molecule has 2 aromatic rings. The zero-order valence-corrected chi connectivity index (χ0v) is 9.65. The summed E-state index contributed by atoms with van der Waals surface area (Å²) in [5.41, 5.74) is 1.03. The van der Waals surface area contributed by atoms with Gasteiger partial charge in [0.25, 0.3) is 0 Å². The molecule has 0 spiro atoms. The number of piperidine rings is 1. The van der Waals surface area contributed by atoms with Crippen molar-refractivity contribution >= 4 is 11.3 Å². The van der Waals surface area contributed by atoms with Gasteiger partial charge < -0.3 is 5.32 Å². The van der Waals surface area contributed by atoms with Gasteiger partial charge in [-0.3, -0.25) is 0 Å². The first-order chi connectivity index (χ1) is 7.95. The molecular weight excluding hydrogens is 222 g/mol. The second-order valence-electron chi connectivity index (χ2n) is 3.90. The lowest BCUT2D eigenvalue weighted by atomic mass is 10.1. The van der Waals surface area contributed by atoms with Gasteiger partial charge in [0.1, 0.15) is 10.7 Å². The predicted octanol–water partition coefficient (Wildman–Crippen LogP) is 1.33. The molecular formula is C10H13N5S. The van der Waals surface area contributed by atoms with E-state index in [4.69, 9.17) is 0 Å². The predicted molar refractivity (Wildman–Crippen MR) is 62.3 cm³/mol. The van der Waals surface area contributed by atoms with E-state index in [9.17, 15) is 0 Å². The highest BCUT2D eigenvalue weighted by Gasteiger charge is 2.20. The molecule has 1 atom stereocenters. The summed E-state index contributed by atoms with van der Waals surface area (Å²) >= 11 is 1.63. The fraction of sp³-hybridized carbons (Fsp3) is 0.500. The maximum absolute atomic E-state index is 4.31. The second-order valence-corrected chi connectivity index (χ2v) is 4.80. The maximum atomic E-state index is 4.31. The molecule has 5 nitrogen and oxygen atoms in total. The van der Waals surface area contributed by atoms with E-state index in [0.29, 0.717) is 6.04 Å². The lowest BCUT2D eigenvalue weighted by Crippen LogP contribution is -2.32. The summed E-state index contributed by atoms with van der Waals surface area (Å²) in [6.45, 7) is 2.08. The van der Waals surface area contributed by atoms with Crippen LogP contribution in [0.4, 0.5) is 0 Å². The fourth-order valence-electron chi connectivity index (χ4n) is 2.06. The molecule has 84 valence electrons. The molecule has 2 aromatic heterocycles. The lowest BCUT2D eigenvalue weighted by Gasteiger charge is -2.23. The molecule has 0 bridgehead atoms. The Morgan fingerprint density at radius 3 is 3.25 bits per heavy atom. The maximum Gasteiger partial charge on any atom is 0.143 e. The van der Waals surface area contributed by atoms with E-state index in [2.05, 4.69) is 20.6 Å². The van der Waals surface area contributed by atoms with Crippen LogP contribution in [0.1, 0.15) is 18.9 Å². The molecule has 0 aliphatic carbocycles. The largest absolute Gasteiger partial charge is 0.315 e. The summed E-state index contributed by atoms with van der Waals surface area (Å²) in [7, 11) is 0. The van der Waals surface area contributed by atoms with Crippen molar-refractivity contribution in [1.29, 1.82) is 0 Å². The highest BCUT2D eigenvalue weighted by molar-refractivity contribution is 7.13. The smallest absolute Gasteiger partial charge is 0.143 e. The quantitative estimate of drug-likeness (QED) is 0.853. The number of nitrogens with one attached hydrogen (secondary N) is 1. The zero-order valence-electron chi connectivity index (χ0n) is 8.83. The van der Waals surface area contributed by atoms with Crippen molar-refractivity contribution in [3.8, 4) is 10.7 Å². The molecule has 0 saturated carbocycles. The molecule has 1 fully saturated rings. The van der Waals surface area contributed by atoms with Gasteiger partial charge in [0, 0.05) is 18.1 Å². The van der Waals surface area contributed by atoms with Crippen LogP contribution in [0.25, 0.3) is 10.7 Å². The van der Waals surface area contributed by atoms with Gasteiger partial charge in [-0.2, -0.15) is 0 Å². The van der Waals surface area contributed by atoms with E-state index in [1.54, 1.807) is 17.5 Å². The molecule has 1 aliphatic rings. The number of hydrogen-bond donors (Lipinski definition) is 1. The fourth-order valence-corrected chi connectivity index (χ4v) is 2.70. The average Bonchev–Trinajstić information content (AvgIpc) is 3.01. The molecule has 0 radical (unpaired) electrons. The highest BCUT2D eigenvalue weighted by Crippen LogP contribution is 2.25. The van der Waals surface area contributed by atoms with Crippen LogP contribution in [0.5, 0.6) is 0 Å². The SMILES string of the molecule is c1csc(-c2cnnn2C2CCCNC2)n1. The van der Waals surface area contributed by atoms with Crippen LogP contribution in [-0.4, -0.2) is 33.1 Å². The summed E-state index contributed by atoms with van der Waals surface area (Å²) in [5, 5.41) is 14.6. The van der Waals surface area contributed by atoms with Gasteiger partial charge in [0.05, 0.1) is 12.2 Å². The van der Waals surface area contributed by atoms with Crippen molar-refractivity contribution in [1.82, 2.24) is 25.3 Å². The Morgan fingerprint density at radius 1 is 1.50 bits per heavy atom. The Bertz CT molecular complexity index is 443. The van der Waals surface area contributed by atoms with Crippen molar-refractivity contribution in [2.45, 2.75) is 18.9 Å². The van der Waals surface area contributed by atoms with Gasteiger partial charge in [-0.05, 0) is 19.4 Å². The third kappa shape index (κ3) is 1.74. The van der Waals surface area contributed by atoms with Crippen molar-refractivity contribution in [3.05, 3.63) is 17.8 Å². The van der Waals surface area contributed by atoms with Crippen LogP contribution in [0.3, 0.4) is 0 Å². The van der Waals surface area contributed by atoms with Gasteiger partial charge in [-0.25, -0.2) is 9.67 Å². The third-order valence-electron chi connectivity index (χ3n) is 2.84. The lowest BCUT2D eigenvalue weighted by molar-refractivity contribution is 0.344. The minimum Gasteiger partial charge on any atom is -0.315 e. The molecule has 0 amide bonds. The topological polar surface area (TPSA) is 55.6 Å². The van der Waals surface area contributed by atoms with Crippen LogP contribution in [-0.2, 0) is 0 Å². The highest BCUT2D eigenvalue weighted by atomic mass is 32.1. The Hall–Kier alpha value is -1.27. The van der Waals surface area contributed by atoms with Gasteiger partial charge in [-0.1, -0.05) is 5.21 Å². The summed E-state index contributed by atoms with van der Waals surface area (Å²) in [5.74, 6) is 0. The average molecular weight is 235 g/mol. The van der Waals surface area contributed by atoms with E-state index in [1.807, 2.05) is 16.3 Å². The van der Waals surface area contributed by atoms with E-state index in [1.165, 1.54) is 6.42 Å². The Labute approximate surface area is 97.5 Å². The minimum absolute atomic E-state index is 0.412.